The van der Waals surface area contributed by atoms with Gasteiger partial charge in [-0.05, 0) is 49.7 Å². The van der Waals surface area contributed by atoms with Gasteiger partial charge in [0.2, 0.25) is 0 Å². The SMILES string of the molecule is C=C(C)[C@H](CC[C@@H](N)Cc1ccccc1)Cc1ccccc1. The van der Waals surface area contributed by atoms with E-state index < -0.39 is 0 Å². The zero-order chi connectivity index (χ0) is 15.8. The van der Waals surface area contributed by atoms with Gasteiger partial charge in [0.05, 0.1) is 0 Å². The normalized spacial score (nSPS) is 13.5. The third kappa shape index (κ3) is 5.50. The topological polar surface area (TPSA) is 26.0 Å². The smallest absolute Gasteiger partial charge is 0.00795 e. The van der Waals surface area contributed by atoms with Gasteiger partial charge < -0.3 is 5.73 Å². The lowest BCUT2D eigenvalue weighted by Gasteiger charge is -2.20. The maximum atomic E-state index is 6.32. The van der Waals surface area contributed by atoms with E-state index in [-0.39, 0.29) is 6.04 Å². The zero-order valence-corrected chi connectivity index (χ0v) is 13.5. The summed E-state index contributed by atoms with van der Waals surface area (Å²) in [7, 11) is 0. The summed E-state index contributed by atoms with van der Waals surface area (Å²) in [6, 6.07) is 21.4. The van der Waals surface area contributed by atoms with Crippen LogP contribution >= 0.6 is 0 Å². The van der Waals surface area contributed by atoms with Crippen LogP contribution in [0.25, 0.3) is 0 Å². The molecular formula is C21H27N. The molecule has 0 aliphatic heterocycles. The summed E-state index contributed by atoms with van der Waals surface area (Å²) in [5.41, 5.74) is 10.3. The minimum absolute atomic E-state index is 0.222. The highest BCUT2D eigenvalue weighted by atomic mass is 14.6. The predicted octanol–water partition coefficient (Wildman–Crippen LogP) is 4.77. The zero-order valence-electron chi connectivity index (χ0n) is 13.5. The van der Waals surface area contributed by atoms with E-state index in [2.05, 4.69) is 68.1 Å². The summed E-state index contributed by atoms with van der Waals surface area (Å²) in [5, 5.41) is 0. The standard InChI is InChI=1S/C21H27N/c1-17(2)20(15-18-9-5-3-6-10-18)13-14-21(22)16-19-11-7-4-8-12-19/h3-12,20-21H,1,13-16,22H2,2H3/t20-,21-/m1/s1. The fourth-order valence-corrected chi connectivity index (χ4v) is 2.86. The van der Waals surface area contributed by atoms with Crippen LogP contribution in [0.1, 0.15) is 30.9 Å². The number of hydrogen-bond donors (Lipinski definition) is 1. The summed E-state index contributed by atoms with van der Waals surface area (Å²) in [6.45, 7) is 6.31. The van der Waals surface area contributed by atoms with Crippen molar-refractivity contribution in [2.45, 2.75) is 38.6 Å². The average Bonchev–Trinajstić information content (AvgIpc) is 2.53. The van der Waals surface area contributed by atoms with Crippen LogP contribution in [0, 0.1) is 5.92 Å². The fourth-order valence-electron chi connectivity index (χ4n) is 2.86. The molecule has 0 aromatic heterocycles. The van der Waals surface area contributed by atoms with Gasteiger partial charge in [0.15, 0.2) is 0 Å². The minimum Gasteiger partial charge on any atom is -0.327 e. The van der Waals surface area contributed by atoms with Crippen molar-refractivity contribution in [2.75, 3.05) is 0 Å². The Morgan fingerprint density at radius 3 is 1.86 bits per heavy atom. The van der Waals surface area contributed by atoms with Crippen LogP contribution in [0.2, 0.25) is 0 Å². The Labute approximate surface area is 134 Å². The predicted molar refractivity (Wildman–Crippen MR) is 95.8 cm³/mol. The molecule has 2 rings (SSSR count). The summed E-state index contributed by atoms with van der Waals surface area (Å²) in [6.07, 6.45) is 4.17. The van der Waals surface area contributed by atoms with Gasteiger partial charge in [-0.3, -0.25) is 0 Å². The molecule has 0 radical (unpaired) electrons. The Morgan fingerprint density at radius 1 is 0.864 bits per heavy atom. The number of benzene rings is 2. The van der Waals surface area contributed by atoms with Crippen LogP contribution in [0.3, 0.4) is 0 Å². The highest BCUT2D eigenvalue weighted by Gasteiger charge is 2.13. The molecule has 0 saturated carbocycles. The molecule has 2 aromatic carbocycles. The van der Waals surface area contributed by atoms with Gasteiger partial charge in [-0.2, -0.15) is 0 Å². The minimum atomic E-state index is 0.222. The maximum Gasteiger partial charge on any atom is 0.00795 e. The second kappa shape index (κ2) is 8.55. The first-order valence-electron chi connectivity index (χ1n) is 8.14. The molecule has 2 aromatic rings. The summed E-state index contributed by atoms with van der Waals surface area (Å²) < 4.78 is 0. The van der Waals surface area contributed by atoms with Crippen molar-refractivity contribution in [1.82, 2.24) is 0 Å². The van der Waals surface area contributed by atoms with Crippen molar-refractivity contribution in [2.24, 2.45) is 11.7 Å². The van der Waals surface area contributed by atoms with Crippen LogP contribution in [0.4, 0.5) is 0 Å². The van der Waals surface area contributed by atoms with Crippen molar-refractivity contribution in [3.05, 3.63) is 83.9 Å². The van der Waals surface area contributed by atoms with Gasteiger partial charge in [0.25, 0.3) is 0 Å². The first-order chi connectivity index (χ1) is 10.6. The number of allylic oxidation sites excluding steroid dienone is 1. The van der Waals surface area contributed by atoms with Gasteiger partial charge in [-0.25, -0.2) is 0 Å². The molecule has 0 spiro atoms. The molecule has 0 unspecified atom stereocenters. The second-order valence-corrected chi connectivity index (χ2v) is 6.26. The molecule has 0 aliphatic rings. The molecule has 22 heavy (non-hydrogen) atoms. The molecule has 0 amide bonds. The lowest BCUT2D eigenvalue weighted by molar-refractivity contribution is 0.482. The third-order valence-electron chi connectivity index (χ3n) is 4.25. The van der Waals surface area contributed by atoms with E-state index in [1.165, 1.54) is 16.7 Å². The molecule has 2 N–H and O–H groups in total. The Kier molecular flexibility index (Phi) is 6.42. The van der Waals surface area contributed by atoms with E-state index in [1.54, 1.807) is 0 Å². The first-order valence-corrected chi connectivity index (χ1v) is 8.14. The quantitative estimate of drug-likeness (QED) is 0.697. The highest BCUT2D eigenvalue weighted by Crippen LogP contribution is 2.22. The fraction of sp³-hybridized carbons (Fsp3) is 0.333. The van der Waals surface area contributed by atoms with Gasteiger partial charge in [0, 0.05) is 6.04 Å². The Morgan fingerprint density at radius 2 is 1.36 bits per heavy atom. The number of nitrogens with two attached hydrogens (primary N) is 1. The average molecular weight is 293 g/mol. The van der Waals surface area contributed by atoms with Crippen LogP contribution in [-0.2, 0) is 12.8 Å². The van der Waals surface area contributed by atoms with E-state index in [1.807, 2.05) is 6.07 Å². The van der Waals surface area contributed by atoms with Crippen molar-refractivity contribution < 1.29 is 0 Å². The summed E-state index contributed by atoms with van der Waals surface area (Å²) in [4.78, 5) is 0. The van der Waals surface area contributed by atoms with Gasteiger partial charge in [-0.15, -0.1) is 0 Å². The second-order valence-electron chi connectivity index (χ2n) is 6.26. The number of hydrogen-bond acceptors (Lipinski definition) is 1. The molecule has 0 saturated heterocycles. The monoisotopic (exact) mass is 293 g/mol. The molecule has 1 nitrogen and oxygen atoms in total. The molecule has 0 aliphatic carbocycles. The van der Waals surface area contributed by atoms with E-state index in [9.17, 15) is 0 Å². The van der Waals surface area contributed by atoms with Gasteiger partial charge >= 0.3 is 0 Å². The molecule has 0 heterocycles. The van der Waals surface area contributed by atoms with Crippen molar-refractivity contribution in [3.8, 4) is 0 Å². The Bertz CT molecular complexity index is 559. The molecule has 1 heteroatoms. The van der Waals surface area contributed by atoms with Crippen molar-refractivity contribution >= 4 is 0 Å². The molecule has 116 valence electrons. The van der Waals surface area contributed by atoms with Crippen molar-refractivity contribution in [1.29, 1.82) is 0 Å². The van der Waals surface area contributed by atoms with Crippen molar-refractivity contribution in [3.63, 3.8) is 0 Å². The molecular weight excluding hydrogens is 266 g/mol. The maximum absolute atomic E-state index is 6.32. The highest BCUT2D eigenvalue weighted by molar-refractivity contribution is 5.18. The third-order valence-corrected chi connectivity index (χ3v) is 4.25. The van der Waals surface area contributed by atoms with Crippen LogP contribution < -0.4 is 5.73 Å². The lowest BCUT2D eigenvalue weighted by Crippen LogP contribution is -2.24. The molecule has 0 bridgehead atoms. The van der Waals surface area contributed by atoms with Crippen LogP contribution in [-0.4, -0.2) is 6.04 Å². The van der Waals surface area contributed by atoms with E-state index in [0.29, 0.717) is 5.92 Å². The largest absolute Gasteiger partial charge is 0.327 e. The first kappa shape index (κ1) is 16.5. The Balaban J connectivity index is 1.85. The summed E-state index contributed by atoms with van der Waals surface area (Å²) in [5.74, 6) is 0.518. The van der Waals surface area contributed by atoms with Gasteiger partial charge in [-0.1, -0.05) is 72.8 Å². The number of rotatable bonds is 8. The van der Waals surface area contributed by atoms with Gasteiger partial charge in [0.1, 0.15) is 0 Å². The Hall–Kier alpha value is -1.86. The van der Waals surface area contributed by atoms with Crippen LogP contribution in [0.5, 0.6) is 0 Å². The molecule has 0 fully saturated rings. The molecule has 2 atom stereocenters. The van der Waals surface area contributed by atoms with E-state index >= 15 is 0 Å². The van der Waals surface area contributed by atoms with E-state index in [4.69, 9.17) is 5.73 Å². The summed E-state index contributed by atoms with van der Waals surface area (Å²) >= 11 is 0. The van der Waals surface area contributed by atoms with E-state index in [0.717, 1.165) is 25.7 Å². The lowest BCUT2D eigenvalue weighted by atomic mass is 9.87. The van der Waals surface area contributed by atoms with Crippen LogP contribution in [0.15, 0.2) is 72.8 Å².